The van der Waals surface area contributed by atoms with Crippen LogP contribution in [0.1, 0.15) is 26.7 Å². The van der Waals surface area contributed by atoms with E-state index in [-0.39, 0.29) is 11.5 Å². The summed E-state index contributed by atoms with van der Waals surface area (Å²) < 4.78 is 6.45. The molecular weight excluding hydrogens is 334 g/mol. The highest BCUT2D eigenvalue weighted by Gasteiger charge is 2.63. The van der Waals surface area contributed by atoms with Crippen molar-refractivity contribution in [3.8, 4) is 0 Å². The molecular formula is C19H27N3O2S. The van der Waals surface area contributed by atoms with Crippen LogP contribution in [-0.4, -0.2) is 53.2 Å². The monoisotopic (exact) mass is 361 g/mol. The zero-order valence-corrected chi connectivity index (χ0v) is 15.8. The number of hydrogen-bond donors (Lipinski definition) is 1. The minimum absolute atomic E-state index is 0.0235. The molecule has 1 aromatic heterocycles. The Kier molecular flexibility index (Phi) is 4.67. The van der Waals surface area contributed by atoms with Gasteiger partial charge in [-0.05, 0) is 30.2 Å². The average Bonchev–Trinajstić information content (AvgIpc) is 3.27. The average molecular weight is 362 g/mol. The lowest BCUT2D eigenvalue weighted by atomic mass is 9.73. The third-order valence-corrected chi connectivity index (χ3v) is 6.94. The number of aromatic nitrogens is 1. The zero-order valence-electron chi connectivity index (χ0n) is 15.0. The van der Waals surface area contributed by atoms with Gasteiger partial charge in [0, 0.05) is 37.7 Å². The van der Waals surface area contributed by atoms with Gasteiger partial charge in [-0.2, -0.15) is 0 Å². The van der Waals surface area contributed by atoms with Crippen molar-refractivity contribution in [1.29, 1.82) is 0 Å². The van der Waals surface area contributed by atoms with Crippen molar-refractivity contribution in [3.05, 3.63) is 24.4 Å². The Morgan fingerprint density at radius 3 is 3.16 bits per heavy atom. The maximum absolute atomic E-state index is 12.1. The van der Waals surface area contributed by atoms with E-state index in [1.165, 1.54) is 0 Å². The number of pyridine rings is 1. The van der Waals surface area contributed by atoms with E-state index in [9.17, 15) is 4.79 Å². The second-order valence-electron chi connectivity index (χ2n) is 7.76. The van der Waals surface area contributed by atoms with Gasteiger partial charge in [0.25, 0.3) is 0 Å². The number of carbonyl (C=O) groups is 1. The van der Waals surface area contributed by atoms with Crippen LogP contribution in [-0.2, 0) is 9.53 Å². The van der Waals surface area contributed by atoms with Crippen molar-refractivity contribution in [3.63, 3.8) is 0 Å². The molecule has 136 valence electrons. The molecule has 1 amide bonds. The van der Waals surface area contributed by atoms with Crippen LogP contribution in [0.4, 0.5) is 5.82 Å². The largest absolute Gasteiger partial charge is 0.369 e. The van der Waals surface area contributed by atoms with Gasteiger partial charge < -0.3 is 15.0 Å². The van der Waals surface area contributed by atoms with Crippen LogP contribution in [0.25, 0.3) is 0 Å². The molecule has 25 heavy (non-hydrogen) atoms. The highest BCUT2D eigenvalue weighted by molar-refractivity contribution is 8.00. The number of nitrogens with zero attached hydrogens (tertiary/aromatic N) is 2. The molecule has 0 aliphatic carbocycles. The fourth-order valence-electron chi connectivity index (χ4n) is 4.70. The summed E-state index contributed by atoms with van der Waals surface area (Å²) in [6, 6.07) is 6.06. The van der Waals surface area contributed by atoms with Crippen molar-refractivity contribution in [2.75, 3.05) is 30.3 Å². The van der Waals surface area contributed by atoms with Gasteiger partial charge in [0.2, 0.25) is 5.91 Å². The molecule has 5 nitrogen and oxygen atoms in total. The van der Waals surface area contributed by atoms with Gasteiger partial charge in [0.05, 0.1) is 17.5 Å². The molecule has 4 heterocycles. The smallest absolute Gasteiger partial charge is 0.230 e. The minimum atomic E-state index is -0.0235. The minimum Gasteiger partial charge on any atom is -0.369 e. The molecule has 3 aliphatic heterocycles. The van der Waals surface area contributed by atoms with Gasteiger partial charge in [-0.1, -0.05) is 19.9 Å². The predicted octanol–water partition coefficient (Wildman–Crippen LogP) is 2.32. The molecule has 1 spiro atoms. The summed E-state index contributed by atoms with van der Waals surface area (Å²) in [7, 11) is 0. The predicted molar refractivity (Wildman–Crippen MR) is 101 cm³/mol. The molecule has 0 unspecified atom stereocenters. The SMILES string of the molecule is CC(C)SCC(=O)NC[C@H]1[C@H]2CN(c3ccccn3)C[C@]23CC[C@H]1O3. The molecule has 1 N–H and O–H groups in total. The molecule has 0 radical (unpaired) electrons. The van der Waals surface area contributed by atoms with E-state index in [4.69, 9.17) is 4.74 Å². The maximum Gasteiger partial charge on any atom is 0.230 e. The first-order valence-electron chi connectivity index (χ1n) is 9.29. The fourth-order valence-corrected chi connectivity index (χ4v) is 5.29. The summed E-state index contributed by atoms with van der Waals surface area (Å²) in [5.41, 5.74) is -0.0235. The van der Waals surface area contributed by atoms with E-state index in [0.717, 1.165) is 38.3 Å². The molecule has 2 bridgehead atoms. The first kappa shape index (κ1) is 17.2. The normalized spacial score (nSPS) is 33.1. The molecule has 1 aromatic rings. The third-order valence-electron chi connectivity index (χ3n) is 5.84. The van der Waals surface area contributed by atoms with Crippen molar-refractivity contribution in [2.24, 2.45) is 11.8 Å². The molecule has 4 rings (SSSR count). The number of thioether (sulfide) groups is 1. The first-order valence-corrected chi connectivity index (χ1v) is 10.3. The molecule has 3 saturated heterocycles. The summed E-state index contributed by atoms with van der Waals surface area (Å²) in [6.07, 6.45) is 4.42. The number of amides is 1. The topological polar surface area (TPSA) is 54.5 Å². The summed E-state index contributed by atoms with van der Waals surface area (Å²) in [5.74, 6) is 2.65. The van der Waals surface area contributed by atoms with Crippen LogP contribution < -0.4 is 10.2 Å². The van der Waals surface area contributed by atoms with E-state index >= 15 is 0 Å². The van der Waals surface area contributed by atoms with Crippen LogP contribution in [0.5, 0.6) is 0 Å². The van der Waals surface area contributed by atoms with Gasteiger partial charge in [-0.3, -0.25) is 4.79 Å². The Labute approximate surface area is 153 Å². The van der Waals surface area contributed by atoms with E-state index in [1.807, 2.05) is 18.3 Å². The van der Waals surface area contributed by atoms with E-state index in [2.05, 4.69) is 35.1 Å². The van der Waals surface area contributed by atoms with Crippen LogP contribution in [0.3, 0.4) is 0 Å². The number of fused-ring (bicyclic) bond motifs is 1. The van der Waals surface area contributed by atoms with Gasteiger partial charge >= 0.3 is 0 Å². The van der Waals surface area contributed by atoms with E-state index < -0.39 is 0 Å². The van der Waals surface area contributed by atoms with Gasteiger partial charge in [0.1, 0.15) is 5.82 Å². The summed E-state index contributed by atoms with van der Waals surface area (Å²) >= 11 is 1.69. The quantitative estimate of drug-likeness (QED) is 0.843. The second-order valence-corrected chi connectivity index (χ2v) is 9.33. The Morgan fingerprint density at radius 2 is 2.40 bits per heavy atom. The molecule has 4 atom stereocenters. The zero-order chi connectivity index (χ0) is 17.4. The van der Waals surface area contributed by atoms with Crippen LogP contribution in [0, 0.1) is 11.8 Å². The standard InChI is InChI=1S/C19H27N3O2S/c1-13(2)25-11-18(23)21-9-14-15-10-22(17-5-3-4-8-20-17)12-19(15)7-6-16(14)24-19/h3-5,8,13-16H,6-7,9-12H2,1-2H3,(H,21,23)/t14-,15+,16+,19+/m0/s1. The first-order chi connectivity index (χ1) is 12.1. The molecule has 0 aromatic carbocycles. The Bertz CT molecular complexity index is 626. The van der Waals surface area contributed by atoms with Crippen LogP contribution in [0.15, 0.2) is 24.4 Å². The van der Waals surface area contributed by atoms with E-state index in [0.29, 0.717) is 28.9 Å². The molecule has 3 aliphatic rings. The fraction of sp³-hybridized carbons (Fsp3) is 0.684. The highest BCUT2D eigenvalue weighted by atomic mass is 32.2. The van der Waals surface area contributed by atoms with Crippen molar-refractivity contribution >= 4 is 23.5 Å². The summed E-state index contributed by atoms with van der Waals surface area (Å²) in [5, 5.41) is 3.64. The van der Waals surface area contributed by atoms with E-state index in [1.54, 1.807) is 11.8 Å². The van der Waals surface area contributed by atoms with Crippen molar-refractivity contribution < 1.29 is 9.53 Å². The number of nitrogens with one attached hydrogen (secondary N) is 1. The van der Waals surface area contributed by atoms with Crippen molar-refractivity contribution in [2.45, 2.75) is 43.6 Å². The lowest BCUT2D eigenvalue weighted by Gasteiger charge is -2.29. The maximum atomic E-state index is 12.1. The van der Waals surface area contributed by atoms with Gasteiger partial charge in [-0.25, -0.2) is 4.98 Å². The molecule has 3 fully saturated rings. The summed E-state index contributed by atoms with van der Waals surface area (Å²) in [6.45, 7) is 6.89. The molecule has 0 saturated carbocycles. The number of anilines is 1. The van der Waals surface area contributed by atoms with Crippen molar-refractivity contribution in [1.82, 2.24) is 10.3 Å². The Balaban J connectivity index is 1.39. The number of hydrogen-bond acceptors (Lipinski definition) is 5. The summed E-state index contributed by atoms with van der Waals surface area (Å²) in [4.78, 5) is 19.0. The third kappa shape index (κ3) is 3.26. The Hall–Kier alpha value is -1.27. The van der Waals surface area contributed by atoms with Gasteiger partial charge in [-0.15, -0.1) is 11.8 Å². The highest BCUT2D eigenvalue weighted by Crippen LogP contribution is 2.55. The van der Waals surface area contributed by atoms with Crippen LogP contribution >= 0.6 is 11.8 Å². The second kappa shape index (κ2) is 6.80. The number of carbonyl (C=O) groups excluding carboxylic acids is 1. The Morgan fingerprint density at radius 1 is 1.52 bits per heavy atom. The molecule has 6 heteroatoms. The van der Waals surface area contributed by atoms with Crippen LogP contribution in [0.2, 0.25) is 0 Å². The number of rotatable bonds is 6. The lowest BCUT2D eigenvalue weighted by Crippen LogP contribution is -2.42. The van der Waals surface area contributed by atoms with Gasteiger partial charge in [0.15, 0.2) is 0 Å². The number of ether oxygens (including phenoxy) is 1. The lowest BCUT2D eigenvalue weighted by molar-refractivity contribution is -0.118.